The van der Waals surface area contributed by atoms with Crippen LogP contribution >= 0.6 is 0 Å². The quantitative estimate of drug-likeness (QED) is 0.657. The highest BCUT2D eigenvalue weighted by Gasteiger charge is 2.51. The van der Waals surface area contributed by atoms with Crippen molar-refractivity contribution in [3.05, 3.63) is 12.3 Å². The lowest BCUT2D eigenvalue weighted by molar-refractivity contribution is 0.0455. The normalized spacial score (nSPS) is 24.1. The van der Waals surface area contributed by atoms with Gasteiger partial charge in [0.25, 0.3) is 0 Å². The van der Waals surface area contributed by atoms with Gasteiger partial charge in [0.2, 0.25) is 6.43 Å². The first kappa shape index (κ1) is 8.66. The Hall–Kier alpha value is -0.930. The molecule has 0 amide bonds. The second-order valence-electron chi connectivity index (χ2n) is 3.72. The summed E-state index contributed by atoms with van der Waals surface area (Å²) in [7, 11) is 0. The predicted molar refractivity (Wildman–Crippen MR) is 46.9 cm³/mol. The van der Waals surface area contributed by atoms with Crippen molar-refractivity contribution in [1.82, 2.24) is 4.90 Å². The Morgan fingerprint density at radius 1 is 1.46 bits per heavy atom. The van der Waals surface area contributed by atoms with E-state index in [1.807, 2.05) is 11.1 Å². The zero-order valence-corrected chi connectivity index (χ0v) is 7.29. The summed E-state index contributed by atoms with van der Waals surface area (Å²) in [5, 5.41) is 0. The first-order valence-corrected chi connectivity index (χ1v) is 4.42. The number of nitrogens with zero attached hydrogens (tertiary/aromatic N) is 2. The second-order valence-corrected chi connectivity index (χ2v) is 3.72. The third-order valence-electron chi connectivity index (χ3n) is 2.62. The van der Waals surface area contributed by atoms with Crippen molar-refractivity contribution < 1.29 is 8.78 Å². The van der Waals surface area contributed by atoms with Crippen LogP contribution in [0, 0.1) is 5.41 Å². The Bertz CT molecular complexity index is 244. The number of aliphatic imine (C=N–C) groups is 1. The first-order chi connectivity index (χ1) is 6.23. The molecule has 2 aliphatic rings. The number of halogens is 2. The van der Waals surface area contributed by atoms with E-state index in [0.29, 0.717) is 26.1 Å². The molecule has 0 spiro atoms. The minimum atomic E-state index is -2.19. The van der Waals surface area contributed by atoms with Gasteiger partial charge in [0.05, 0.1) is 0 Å². The Kier molecular flexibility index (Phi) is 2.06. The van der Waals surface area contributed by atoms with Gasteiger partial charge in [0.15, 0.2) is 0 Å². The molecule has 0 N–H and O–H groups in total. The van der Waals surface area contributed by atoms with Crippen LogP contribution in [0.2, 0.25) is 0 Å². The summed E-state index contributed by atoms with van der Waals surface area (Å²) >= 11 is 0. The van der Waals surface area contributed by atoms with Crippen LogP contribution in [0.4, 0.5) is 8.78 Å². The van der Waals surface area contributed by atoms with Gasteiger partial charge < -0.3 is 4.90 Å². The number of rotatable bonds is 3. The number of allylic oxidation sites excluding steroid dienone is 1. The zero-order valence-electron chi connectivity index (χ0n) is 7.29. The zero-order chi connectivity index (χ0) is 9.31. The fourth-order valence-corrected chi connectivity index (χ4v) is 1.53. The largest absolute Gasteiger partial charge is 0.358 e. The highest BCUT2D eigenvalue weighted by atomic mass is 19.3. The average molecular weight is 186 g/mol. The minimum absolute atomic E-state index is 0.443. The van der Waals surface area contributed by atoms with Crippen molar-refractivity contribution in [1.29, 1.82) is 0 Å². The van der Waals surface area contributed by atoms with Crippen molar-refractivity contribution >= 4 is 6.21 Å². The van der Waals surface area contributed by atoms with Crippen LogP contribution in [0.3, 0.4) is 0 Å². The number of hydrogen-bond donors (Lipinski definition) is 0. The average Bonchev–Trinajstić information content (AvgIpc) is 2.87. The molecule has 0 bridgehead atoms. The Labute approximate surface area is 75.9 Å². The van der Waals surface area contributed by atoms with Crippen LogP contribution < -0.4 is 0 Å². The van der Waals surface area contributed by atoms with Gasteiger partial charge in [-0.2, -0.15) is 0 Å². The van der Waals surface area contributed by atoms with Crippen molar-refractivity contribution in [2.45, 2.75) is 19.3 Å². The van der Waals surface area contributed by atoms with Crippen LogP contribution in [-0.2, 0) is 0 Å². The molecule has 1 aliphatic carbocycles. The molecule has 0 atom stereocenters. The van der Waals surface area contributed by atoms with Gasteiger partial charge in [-0.1, -0.05) is 0 Å². The summed E-state index contributed by atoms with van der Waals surface area (Å²) in [5.74, 6) is 0. The van der Waals surface area contributed by atoms with Crippen LogP contribution in [0.15, 0.2) is 17.3 Å². The molecule has 2 rings (SSSR count). The number of hydrogen-bond acceptors (Lipinski definition) is 2. The van der Waals surface area contributed by atoms with Crippen molar-refractivity contribution in [3.8, 4) is 0 Å². The molecule has 1 heterocycles. The van der Waals surface area contributed by atoms with E-state index >= 15 is 0 Å². The molecule has 72 valence electrons. The van der Waals surface area contributed by atoms with Crippen LogP contribution in [-0.4, -0.2) is 30.8 Å². The lowest BCUT2D eigenvalue weighted by Crippen LogP contribution is -2.31. The third kappa shape index (κ3) is 1.71. The second kappa shape index (κ2) is 3.09. The fraction of sp³-hybridized carbons (Fsp3) is 0.667. The summed E-state index contributed by atoms with van der Waals surface area (Å²) in [6.45, 7) is 0.962. The van der Waals surface area contributed by atoms with E-state index in [1.165, 1.54) is 0 Å². The molecule has 1 saturated carbocycles. The van der Waals surface area contributed by atoms with Gasteiger partial charge in [0.1, 0.15) is 6.67 Å². The Morgan fingerprint density at radius 2 is 2.23 bits per heavy atom. The fourth-order valence-electron chi connectivity index (χ4n) is 1.53. The molecule has 0 radical (unpaired) electrons. The smallest absolute Gasteiger partial charge is 0.245 e. The van der Waals surface area contributed by atoms with Gasteiger partial charge >= 0.3 is 0 Å². The number of alkyl halides is 2. The van der Waals surface area contributed by atoms with Gasteiger partial charge in [-0.3, -0.25) is 4.99 Å². The molecule has 1 aliphatic heterocycles. The lowest BCUT2D eigenvalue weighted by Gasteiger charge is -2.25. The van der Waals surface area contributed by atoms with Crippen LogP contribution in [0.1, 0.15) is 12.8 Å². The van der Waals surface area contributed by atoms with E-state index in [4.69, 9.17) is 0 Å². The standard InChI is InChI=1S/C9H12F2N2/c10-8(11)9(2-3-9)6-13-5-1-4-12-7-13/h1,4-5,8H,2-3,6-7H2. The summed E-state index contributed by atoms with van der Waals surface area (Å²) in [4.78, 5) is 5.85. The molecular weight excluding hydrogens is 174 g/mol. The van der Waals surface area contributed by atoms with E-state index in [1.54, 1.807) is 12.3 Å². The maximum atomic E-state index is 12.5. The molecule has 2 nitrogen and oxygen atoms in total. The van der Waals surface area contributed by atoms with Crippen LogP contribution in [0.25, 0.3) is 0 Å². The maximum absolute atomic E-state index is 12.5. The van der Waals surface area contributed by atoms with Crippen LogP contribution in [0.5, 0.6) is 0 Å². The van der Waals surface area contributed by atoms with Gasteiger partial charge in [-0.25, -0.2) is 8.78 Å². The minimum Gasteiger partial charge on any atom is -0.358 e. The lowest BCUT2D eigenvalue weighted by atomic mass is 10.1. The highest BCUT2D eigenvalue weighted by molar-refractivity contribution is 5.71. The van der Waals surface area contributed by atoms with Gasteiger partial charge in [0, 0.05) is 24.4 Å². The molecular formula is C9H12F2N2. The topological polar surface area (TPSA) is 15.6 Å². The molecule has 4 heteroatoms. The monoisotopic (exact) mass is 186 g/mol. The summed E-state index contributed by atoms with van der Waals surface area (Å²) in [5.41, 5.74) is -0.725. The summed E-state index contributed by atoms with van der Waals surface area (Å²) < 4.78 is 25.1. The molecule has 0 aromatic rings. The molecule has 1 fully saturated rings. The maximum Gasteiger partial charge on any atom is 0.245 e. The van der Waals surface area contributed by atoms with Crippen molar-refractivity contribution in [2.24, 2.45) is 10.4 Å². The van der Waals surface area contributed by atoms with Crippen molar-refractivity contribution in [3.63, 3.8) is 0 Å². The SMILES string of the molecule is FC(F)C1(CN2C=CC=NC2)CC1. The summed E-state index contributed by atoms with van der Waals surface area (Å²) in [6, 6.07) is 0. The van der Waals surface area contributed by atoms with E-state index in [-0.39, 0.29) is 0 Å². The van der Waals surface area contributed by atoms with E-state index in [9.17, 15) is 8.78 Å². The van der Waals surface area contributed by atoms with Gasteiger partial charge in [-0.05, 0) is 18.9 Å². The van der Waals surface area contributed by atoms with Crippen molar-refractivity contribution in [2.75, 3.05) is 13.2 Å². The first-order valence-electron chi connectivity index (χ1n) is 4.42. The third-order valence-corrected chi connectivity index (χ3v) is 2.62. The predicted octanol–water partition coefficient (Wildman–Crippen LogP) is 1.89. The van der Waals surface area contributed by atoms with E-state index in [0.717, 1.165) is 0 Å². The van der Waals surface area contributed by atoms with Gasteiger partial charge in [-0.15, -0.1) is 0 Å². The van der Waals surface area contributed by atoms with E-state index < -0.39 is 11.8 Å². The molecule has 0 unspecified atom stereocenters. The Morgan fingerprint density at radius 3 is 2.69 bits per heavy atom. The Balaban J connectivity index is 1.91. The molecule has 13 heavy (non-hydrogen) atoms. The highest BCUT2D eigenvalue weighted by Crippen LogP contribution is 2.51. The molecule has 0 saturated heterocycles. The molecule has 0 aromatic carbocycles. The summed E-state index contributed by atoms with van der Waals surface area (Å²) in [6.07, 6.45) is 4.42. The van der Waals surface area contributed by atoms with E-state index in [2.05, 4.69) is 4.99 Å². The molecule has 0 aromatic heterocycles.